The van der Waals surface area contributed by atoms with Gasteiger partial charge in [-0.3, -0.25) is 0 Å². The summed E-state index contributed by atoms with van der Waals surface area (Å²) in [6.45, 7) is 7.26. The van der Waals surface area contributed by atoms with Crippen LogP contribution in [0.5, 0.6) is 0 Å². The van der Waals surface area contributed by atoms with E-state index in [1.54, 1.807) is 0 Å². The first-order valence-corrected chi connectivity index (χ1v) is 7.99. The third-order valence-corrected chi connectivity index (χ3v) is 3.71. The molecular formula is C17H26BrO. The Hall–Kier alpha value is -0.340. The molecule has 2 heteroatoms. The van der Waals surface area contributed by atoms with E-state index < -0.39 is 0 Å². The van der Waals surface area contributed by atoms with Gasteiger partial charge in [-0.25, -0.2) is 0 Å². The normalized spacial score (nSPS) is 13.5. The second-order valence-corrected chi connectivity index (χ2v) is 7.56. The molecule has 0 aromatic heterocycles. The van der Waals surface area contributed by atoms with Crippen LogP contribution in [-0.2, 0) is 11.3 Å². The minimum Gasteiger partial charge on any atom is -0.372 e. The van der Waals surface area contributed by atoms with Crippen LogP contribution in [0.3, 0.4) is 0 Å². The zero-order valence-electron chi connectivity index (χ0n) is 12.4. The molecule has 0 aliphatic rings. The highest BCUT2D eigenvalue weighted by atomic mass is 79.9. The van der Waals surface area contributed by atoms with Gasteiger partial charge in [-0.15, -0.1) is 0 Å². The molecule has 0 fully saturated rings. The van der Waals surface area contributed by atoms with Crippen LogP contribution in [0.2, 0.25) is 0 Å². The molecule has 0 heterocycles. The predicted molar refractivity (Wildman–Crippen MR) is 86.5 cm³/mol. The maximum Gasteiger partial charge on any atom is 0.0730 e. The number of ether oxygens (including phenoxy) is 1. The van der Waals surface area contributed by atoms with Gasteiger partial charge in [-0.05, 0) is 32.3 Å². The van der Waals surface area contributed by atoms with E-state index in [4.69, 9.17) is 4.74 Å². The van der Waals surface area contributed by atoms with E-state index in [1.807, 2.05) is 6.07 Å². The molecule has 1 aromatic rings. The first kappa shape index (κ1) is 16.7. The molecule has 1 rings (SSSR count). The Kier molecular flexibility index (Phi) is 7.70. The highest BCUT2D eigenvalue weighted by Crippen LogP contribution is 2.28. The smallest absolute Gasteiger partial charge is 0.0730 e. The number of rotatable bonds is 9. The van der Waals surface area contributed by atoms with Crippen molar-refractivity contribution in [3.05, 3.63) is 42.3 Å². The van der Waals surface area contributed by atoms with Crippen LogP contribution in [0.4, 0.5) is 0 Å². The zero-order valence-corrected chi connectivity index (χ0v) is 13.9. The van der Waals surface area contributed by atoms with Crippen LogP contribution in [0.25, 0.3) is 0 Å². The molecule has 0 N–H and O–H groups in total. The lowest BCUT2D eigenvalue weighted by molar-refractivity contribution is 0.0224. The van der Waals surface area contributed by atoms with Crippen molar-refractivity contribution in [2.45, 2.75) is 63.5 Å². The van der Waals surface area contributed by atoms with Gasteiger partial charge in [0, 0.05) is 4.32 Å². The van der Waals surface area contributed by atoms with Crippen LogP contribution in [-0.4, -0.2) is 10.4 Å². The van der Waals surface area contributed by atoms with Crippen molar-refractivity contribution in [3.8, 4) is 0 Å². The highest BCUT2D eigenvalue weighted by Gasteiger charge is 2.26. The molecule has 107 valence electrons. The Labute approximate surface area is 126 Å². The molecule has 1 nitrogen and oxygen atoms in total. The summed E-state index contributed by atoms with van der Waals surface area (Å²) in [6.07, 6.45) is 7.29. The topological polar surface area (TPSA) is 9.23 Å². The molecule has 0 aliphatic heterocycles. The zero-order chi connectivity index (χ0) is 14.1. The van der Waals surface area contributed by atoms with Gasteiger partial charge < -0.3 is 4.74 Å². The van der Waals surface area contributed by atoms with Crippen LogP contribution < -0.4 is 0 Å². The predicted octanol–water partition coefficient (Wildman–Crippen LogP) is 5.53. The van der Waals surface area contributed by atoms with Crippen LogP contribution >= 0.6 is 15.9 Å². The van der Waals surface area contributed by atoms with Gasteiger partial charge in [-0.2, -0.15) is 0 Å². The summed E-state index contributed by atoms with van der Waals surface area (Å²) >= 11 is 3.74. The maximum atomic E-state index is 6.09. The minimum atomic E-state index is 0.00446. The summed E-state index contributed by atoms with van der Waals surface area (Å²) in [5, 5.41) is 0. The van der Waals surface area contributed by atoms with Crippen molar-refractivity contribution >= 4 is 15.9 Å². The summed E-state index contributed by atoms with van der Waals surface area (Å²) in [5.41, 5.74) is 1.23. The number of hydrogen-bond donors (Lipinski definition) is 0. The summed E-state index contributed by atoms with van der Waals surface area (Å²) in [4.78, 5) is 0. The van der Waals surface area contributed by atoms with Gasteiger partial charge in [0.2, 0.25) is 0 Å². The van der Waals surface area contributed by atoms with E-state index in [1.165, 1.54) is 24.8 Å². The summed E-state index contributed by atoms with van der Waals surface area (Å²) in [7, 11) is 0. The molecule has 0 saturated carbocycles. The number of benzene rings is 1. The number of halogens is 1. The molecule has 0 amide bonds. The molecule has 1 unspecified atom stereocenters. The third kappa shape index (κ3) is 7.12. The van der Waals surface area contributed by atoms with Crippen molar-refractivity contribution < 1.29 is 4.74 Å². The SMILES string of the molecule is CCCC[CH]CC(OCc1ccccc1)C(C)(C)Br. The quantitative estimate of drug-likeness (QED) is 0.428. The van der Waals surface area contributed by atoms with E-state index in [-0.39, 0.29) is 10.4 Å². The van der Waals surface area contributed by atoms with Gasteiger partial charge >= 0.3 is 0 Å². The van der Waals surface area contributed by atoms with E-state index in [0.29, 0.717) is 6.61 Å². The number of hydrogen-bond acceptors (Lipinski definition) is 1. The van der Waals surface area contributed by atoms with Gasteiger partial charge in [0.05, 0.1) is 12.7 Å². The summed E-state index contributed by atoms with van der Waals surface area (Å²) in [5.74, 6) is 0. The molecule has 0 aliphatic carbocycles. The van der Waals surface area contributed by atoms with Crippen LogP contribution in [0.1, 0.15) is 52.0 Å². The average molecular weight is 326 g/mol. The fraction of sp³-hybridized carbons (Fsp3) is 0.588. The molecule has 0 saturated heterocycles. The molecular weight excluding hydrogens is 300 g/mol. The van der Waals surface area contributed by atoms with Gasteiger partial charge in [0.25, 0.3) is 0 Å². The Morgan fingerprint density at radius 2 is 1.95 bits per heavy atom. The number of alkyl halides is 1. The Morgan fingerprint density at radius 1 is 1.26 bits per heavy atom. The first-order valence-electron chi connectivity index (χ1n) is 7.20. The first-order chi connectivity index (χ1) is 9.04. The van der Waals surface area contributed by atoms with Crippen molar-refractivity contribution in [1.82, 2.24) is 0 Å². The summed E-state index contributed by atoms with van der Waals surface area (Å²) in [6, 6.07) is 10.4. The van der Waals surface area contributed by atoms with Crippen molar-refractivity contribution in [2.24, 2.45) is 0 Å². The largest absolute Gasteiger partial charge is 0.372 e. The Balaban J connectivity index is 2.42. The molecule has 1 radical (unpaired) electrons. The maximum absolute atomic E-state index is 6.09. The lowest BCUT2D eigenvalue weighted by Gasteiger charge is -2.29. The average Bonchev–Trinajstić information content (AvgIpc) is 2.37. The van der Waals surface area contributed by atoms with E-state index in [0.717, 1.165) is 6.42 Å². The Bertz CT molecular complexity index is 329. The highest BCUT2D eigenvalue weighted by molar-refractivity contribution is 9.10. The van der Waals surface area contributed by atoms with Crippen molar-refractivity contribution in [1.29, 1.82) is 0 Å². The van der Waals surface area contributed by atoms with Gasteiger partial charge in [0.1, 0.15) is 0 Å². The fourth-order valence-electron chi connectivity index (χ4n) is 1.94. The third-order valence-electron chi connectivity index (χ3n) is 3.20. The lowest BCUT2D eigenvalue weighted by Crippen LogP contribution is -2.32. The van der Waals surface area contributed by atoms with Crippen LogP contribution in [0, 0.1) is 6.42 Å². The standard InChI is InChI=1S/C17H26BrO/c1-4-5-6-10-13-16(17(2,3)18)19-14-15-11-8-7-9-12-15/h7-12,16H,4-6,13-14H2,1-3H3. The molecule has 1 atom stereocenters. The van der Waals surface area contributed by atoms with Crippen LogP contribution in [0.15, 0.2) is 30.3 Å². The van der Waals surface area contributed by atoms with Gasteiger partial charge in [-0.1, -0.05) is 72.4 Å². The molecule has 0 bridgehead atoms. The number of unbranched alkanes of at least 4 members (excludes halogenated alkanes) is 3. The molecule has 1 aromatic carbocycles. The monoisotopic (exact) mass is 325 g/mol. The second-order valence-electron chi connectivity index (χ2n) is 5.52. The van der Waals surface area contributed by atoms with Crippen molar-refractivity contribution in [2.75, 3.05) is 0 Å². The van der Waals surface area contributed by atoms with E-state index in [2.05, 4.69) is 67.4 Å². The van der Waals surface area contributed by atoms with E-state index in [9.17, 15) is 0 Å². The minimum absolute atomic E-state index is 0.00446. The second kappa shape index (κ2) is 8.76. The van der Waals surface area contributed by atoms with E-state index >= 15 is 0 Å². The summed E-state index contributed by atoms with van der Waals surface area (Å²) < 4.78 is 6.10. The van der Waals surface area contributed by atoms with Gasteiger partial charge in [0.15, 0.2) is 0 Å². The molecule has 0 spiro atoms. The Morgan fingerprint density at radius 3 is 2.53 bits per heavy atom. The molecule has 19 heavy (non-hydrogen) atoms. The van der Waals surface area contributed by atoms with Crippen molar-refractivity contribution in [3.63, 3.8) is 0 Å². The lowest BCUT2D eigenvalue weighted by atomic mass is 10.00. The fourth-order valence-corrected chi connectivity index (χ4v) is 2.25.